The molecule has 3 aromatic carbocycles. The first-order valence-corrected chi connectivity index (χ1v) is 9.91. The molecule has 3 rings (SSSR count). The Kier molecular flexibility index (Phi) is 7.29. The monoisotopic (exact) mass is 411 g/mol. The first-order valence-electron chi connectivity index (χ1n) is 9.12. The largest absolute Gasteiger partial charge is 0.490 e. The SMILES string of the molecule is CCOc1cc(C(=S)NCc2ccccc2Cl)ccc1OCc1ccccc1. The average molecular weight is 412 g/mol. The van der Waals surface area contributed by atoms with E-state index in [1.165, 1.54) is 0 Å². The molecule has 0 amide bonds. The molecule has 0 aliphatic carbocycles. The summed E-state index contributed by atoms with van der Waals surface area (Å²) in [6.45, 7) is 3.54. The Hall–Kier alpha value is -2.56. The molecule has 0 saturated carbocycles. The van der Waals surface area contributed by atoms with Crippen molar-refractivity contribution in [2.75, 3.05) is 6.61 Å². The third-order valence-electron chi connectivity index (χ3n) is 4.14. The van der Waals surface area contributed by atoms with Crippen molar-refractivity contribution in [3.05, 3.63) is 94.5 Å². The molecule has 0 fully saturated rings. The number of thiocarbonyl (C=S) groups is 1. The molecule has 3 nitrogen and oxygen atoms in total. The third kappa shape index (κ3) is 5.47. The minimum absolute atomic E-state index is 0.482. The molecule has 0 aliphatic heterocycles. The van der Waals surface area contributed by atoms with E-state index in [4.69, 9.17) is 33.3 Å². The van der Waals surface area contributed by atoms with Crippen LogP contribution in [0.3, 0.4) is 0 Å². The van der Waals surface area contributed by atoms with Crippen molar-refractivity contribution in [3.63, 3.8) is 0 Å². The number of benzene rings is 3. The van der Waals surface area contributed by atoms with Crippen LogP contribution in [0.4, 0.5) is 0 Å². The Morgan fingerprint density at radius 3 is 2.43 bits per heavy atom. The summed E-state index contributed by atoms with van der Waals surface area (Å²) in [5.41, 5.74) is 2.97. The van der Waals surface area contributed by atoms with Crippen LogP contribution in [0.25, 0.3) is 0 Å². The highest BCUT2D eigenvalue weighted by molar-refractivity contribution is 7.80. The Morgan fingerprint density at radius 1 is 0.929 bits per heavy atom. The quantitative estimate of drug-likeness (QED) is 0.476. The number of hydrogen-bond donors (Lipinski definition) is 1. The average Bonchev–Trinajstić information content (AvgIpc) is 2.73. The minimum Gasteiger partial charge on any atom is -0.490 e. The summed E-state index contributed by atoms with van der Waals surface area (Å²) >= 11 is 11.7. The van der Waals surface area contributed by atoms with Crippen LogP contribution in [-0.2, 0) is 13.2 Å². The zero-order chi connectivity index (χ0) is 19.8. The molecule has 0 aromatic heterocycles. The molecule has 0 unspecified atom stereocenters. The van der Waals surface area contributed by atoms with Crippen molar-refractivity contribution in [1.82, 2.24) is 5.32 Å². The summed E-state index contributed by atoms with van der Waals surface area (Å²) in [6.07, 6.45) is 0. The van der Waals surface area contributed by atoms with Crippen molar-refractivity contribution in [2.24, 2.45) is 0 Å². The van der Waals surface area contributed by atoms with Crippen molar-refractivity contribution in [1.29, 1.82) is 0 Å². The highest BCUT2D eigenvalue weighted by Gasteiger charge is 2.10. The smallest absolute Gasteiger partial charge is 0.161 e. The molecule has 3 aromatic rings. The van der Waals surface area contributed by atoms with Crippen LogP contribution >= 0.6 is 23.8 Å². The zero-order valence-corrected chi connectivity index (χ0v) is 17.2. The second-order valence-electron chi connectivity index (χ2n) is 6.14. The third-order valence-corrected chi connectivity index (χ3v) is 4.89. The van der Waals surface area contributed by atoms with E-state index in [9.17, 15) is 0 Å². The molecule has 144 valence electrons. The predicted octanol–water partition coefficient (Wildman–Crippen LogP) is 5.78. The van der Waals surface area contributed by atoms with Crippen molar-refractivity contribution >= 4 is 28.8 Å². The van der Waals surface area contributed by atoms with Crippen molar-refractivity contribution in [2.45, 2.75) is 20.1 Å². The maximum absolute atomic E-state index is 6.21. The summed E-state index contributed by atoms with van der Waals surface area (Å²) in [7, 11) is 0. The Balaban J connectivity index is 1.68. The predicted molar refractivity (Wildman–Crippen MR) is 118 cm³/mol. The lowest BCUT2D eigenvalue weighted by Crippen LogP contribution is -2.22. The maximum Gasteiger partial charge on any atom is 0.161 e. The topological polar surface area (TPSA) is 30.5 Å². The van der Waals surface area contributed by atoms with E-state index < -0.39 is 0 Å². The first kappa shape index (κ1) is 20.2. The van der Waals surface area contributed by atoms with Gasteiger partial charge in [0.1, 0.15) is 11.6 Å². The fourth-order valence-electron chi connectivity index (χ4n) is 2.69. The van der Waals surface area contributed by atoms with Gasteiger partial charge >= 0.3 is 0 Å². The van der Waals surface area contributed by atoms with E-state index in [1.54, 1.807) is 0 Å². The van der Waals surface area contributed by atoms with Gasteiger partial charge < -0.3 is 14.8 Å². The fraction of sp³-hybridized carbons (Fsp3) is 0.174. The molecule has 1 N–H and O–H groups in total. The summed E-state index contributed by atoms with van der Waals surface area (Å²) in [5.74, 6) is 1.38. The van der Waals surface area contributed by atoms with Gasteiger partial charge in [-0.3, -0.25) is 0 Å². The van der Waals surface area contributed by atoms with Crippen LogP contribution in [0.5, 0.6) is 11.5 Å². The molecule has 0 bridgehead atoms. The lowest BCUT2D eigenvalue weighted by Gasteiger charge is -2.15. The zero-order valence-electron chi connectivity index (χ0n) is 15.7. The van der Waals surface area contributed by atoms with Crippen LogP contribution < -0.4 is 14.8 Å². The van der Waals surface area contributed by atoms with Gasteiger partial charge in [-0.15, -0.1) is 0 Å². The maximum atomic E-state index is 6.21. The lowest BCUT2D eigenvalue weighted by molar-refractivity contribution is 0.269. The van der Waals surface area contributed by atoms with Crippen LogP contribution in [0.15, 0.2) is 72.8 Å². The highest BCUT2D eigenvalue weighted by Crippen LogP contribution is 2.29. The van der Waals surface area contributed by atoms with E-state index in [0.717, 1.165) is 21.7 Å². The van der Waals surface area contributed by atoms with E-state index in [-0.39, 0.29) is 0 Å². The van der Waals surface area contributed by atoms with Gasteiger partial charge in [0.05, 0.1) is 6.61 Å². The van der Waals surface area contributed by atoms with Crippen LogP contribution in [0.1, 0.15) is 23.6 Å². The van der Waals surface area contributed by atoms with Gasteiger partial charge in [-0.25, -0.2) is 0 Å². The lowest BCUT2D eigenvalue weighted by atomic mass is 10.1. The molecule has 0 aliphatic rings. The van der Waals surface area contributed by atoms with Crippen molar-refractivity contribution in [3.8, 4) is 11.5 Å². The van der Waals surface area contributed by atoms with E-state index in [1.807, 2.05) is 79.7 Å². The van der Waals surface area contributed by atoms with Crippen LogP contribution in [-0.4, -0.2) is 11.6 Å². The molecule has 28 heavy (non-hydrogen) atoms. The number of nitrogens with one attached hydrogen (secondary N) is 1. The first-order chi connectivity index (χ1) is 13.7. The van der Waals surface area contributed by atoms with E-state index >= 15 is 0 Å². The van der Waals surface area contributed by atoms with Gasteiger partial charge in [-0.05, 0) is 42.3 Å². The summed E-state index contributed by atoms with van der Waals surface area (Å²) < 4.78 is 11.7. The number of hydrogen-bond acceptors (Lipinski definition) is 3. The molecular formula is C23H22ClNO2S. The van der Waals surface area contributed by atoms with Crippen molar-refractivity contribution < 1.29 is 9.47 Å². The van der Waals surface area contributed by atoms with Crippen LogP contribution in [0.2, 0.25) is 5.02 Å². The Morgan fingerprint density at radius 2 is 1.68 bits per heavy atom. The molecule has 0 radical (unpaired) electrons. The van der Waals surface area contributed by atoms with Gasteiger partial charge in [-0.1, -0.05) is 72.3 Å². The standard InChI is InChI=1S/C23H22ClNO2S/c1-2-26-22-14-18(23(28)25-15-19-10-6-7-11-20(19)24)12-13-21(22)27-16-17-8-4-3-5-9-17/h3-14H,2,15-16H2,1H3,(H,25,28). The van der Waals surface area contributed by atoms with E-state index in [2.05, 4.69) is 5.32 Å². The minimum atomic E-state index is 0.482. The van der Waals surface area contributed by atoms with Crippen LogP contribution in [0, 0.1) is 0 Å². The Bertz CT molecular complexity index is 931. The second-order valence-corrected chi connectivity index (χ2v) is 6.96. The molecule has 0 saturated heterocycles. The number of rotatable bonds is 8. The highest BCUT2D eigenvalue weighted by atomic mass is 35.5. The van der Waals surface area contributed by atoms with Gasteiger partial charge in [-0.2, -0.15) is 0 Å². The molecule has 5 heteroatoms. The molecule has 0 heterocycles. The molecular weight excluding hydrogens is 390 g/mol. The van der Waals surface area contributed by atoms with Gasteiger partial charge in [0.25, 0.3) is 0 Å². The van der Waals surface area contributed by atoms with E-state index in [0.29, 0.717) is 36.2 Å². The summed E-state index contributed by atoms with van der Waals surface area (Å²) in [6, 6.07) is 23.5. The van der Waals surface area contributed by atoms with Gasteiger partial charge in [0.2, 0.25) is 0 Å². The number of halogens is 1. The fourth-order valence-corrected chi connectivity index (χ4v) is 3.09. The summed E-state index contributed by atoms with van der Waals surface area (Å²) in [4.78, 5) is 0.635. The number of ether oxygens (including phenoxy) is 2. The molecule has 0 spiro atoms. The normalized spacial score (nSPS) is 10.4. The Labute approximate surface area is 176 Å². The summed E-state index contributed by atoms with van der Waals surface area (Å²) in [5, 5.41) is 3.97. The van der Waals surface area contributed by atoms with Gasteiger partial charge in [0, 0.05) is 17.1 Å². The second kappa shape index (κ2) is 10.1. The molecule has 0 atom stereocenters. The van der Waals surface area contributed by atoms with Gasteiger partial charge in [0.15, 0.2) is 11.5 Å².